The highest BCUT2D eigenvalue weighted by molar-refractivity contribution is 7.91. The van der Waals surface area contributed by atoms with Crippen molar-refractivity contribution in [3.8, 4) is 11.5 Å². The van der Waals surface area contributed by atoms with Gasteiger partial charge >= 0.3 is 0 Å². The lowest BCUT2D eigenvalue weighted by Crippen LogP contribution is -2.51. The van der Waals surface area contributed by atoms with E-state index in [-0.39, 0.29) is 18.6 Å². The van der Waals surface area contributed by atoms with E-state index in [4.69, 9.17) is 9.47 Å². The van der Waals surface area contributed by atoms with E-state index in [2.05, 4.69) is 4.72 Å². The summed E-state index contributed by atoms with van der Waals surface area (Å²) in [5.41, 5.74) is 0. The van der Waals surface area contributed by atoms with E-state index in [0.717, 1.165) is 0 Å². The van der Waals surface area contributed by atoms with Gasteiger partial charge in [-0.15, -0.1) is 11.3 Å². The maximum Gasteiger partial charge on any atom is 0.267 e. The van der Waals surface area contributed by atoms with Gasteiger partial charge in [-0.1, -0.05) is 18.2 Å². The Kier molecular flexibility index (Phi) is 5.07. The standard InChI is InChI=1S/C18H20N2O5S2/c21-18(16-12-24-14-4-1-2-5-15(14)25-16)20-9-7-13(8-10-20)19-27(22,23)17-6-3-11-26-17/h1-6,11,13,16,19H,7-10,12H2. The summed E-state index contributed by atoms with van der Waals surface area (Å²) < 4.78 is 39.1. The van der Waals surface area contributed by atoms with Crippen LogP contribution in [0.1, 0.15) is 12.8 Å². The van der Waals surface area contributed by atoms with Gasteiger partial charge in [0.25, 0.3) is 5.91 Å². The molecule has 144 valence electrons. The van der Waals surface area contributed by atoms with Gasteiger partial charge in [0.15, 0.2) is 11.5 Å². The summed E-state index contributed by atoms with van der Waals surface area (Å²) in [4.78, 5) is 14.4. The molecular formula is C18H20N2O5S2. The first-order chi connectivity index (χ1) is 13.0. The number of benzene rings is 1. The van der Waals surface area contributed by atoms with Crippen molar-refractivity contribution in [1.82, 2.24) is 9.62 Å². The lowest BCUT2D eigenvalue weighted by molar-refractivity contribution is -0.142. The third-order valence-corrected chi connectivity index (χ3v) is 7.59. The molecule has 2 aliphatic heterocycles. The number of amides is 1. The molecule has 1 aromatic carbocycles. The summed E-state index contributed by atoms with van der Waals surface area (Å²) in [7, 11) is -3.49. The zero-order chi connectivity index (χ0) is 18.9. The molecule has 0 spiro atoms. The van der Waals surface area contributed by atoms with Crippen LogP contribution < -0.4 is 14.2 Å². The predicted molar refractivity (Wildman–Crippen MR) is 101 cm³/mol. The number of ether oxygens (including phenoxy) is 2. The Hall–Kier alpha value is -2.10. The van der Waals surface area contributed by atoms with Gasteiger partial charge in [-0.05, 0) is 36.4 Å². The first-order valence-corrected chi connectivity index (χ1v) is 11.1. The number of piperidine rings is 1. The van der Waals surface area contributed by atoms with Crippen LogP contribution in [0.15, 0.2) is 46.0 Å². The van der Waals surface area contributed by atoms with Crippen LogP contribution in [0.5, 0.6) is 11.5 Å². The number of carbonyl (C=O) groups is 1. The fourth-order valence-corrected chi connectivity index (χ4v) is 5.57. The molecule has 1 unspecified atom stereocenters. The van der Waals surface area contributed by atoms with Crippen LogP contribution in [-0.4, -0.2) is 51.1 Å². The van der Waals surface area contributed by atoms with Crippen LogP contribution >= 0.6 is 11.3 Å². The highest BCUT2D eigenvalue weighted by atomic mass is 32.2. The zero-order valence-corrected chi connectivity index (χ0v) is 16.2. The summed E-state index contributed by atoms with van der Waals surface area (Å²) in [6.45, 7) is 1.15. The molecule has 1 saturated heterocycles. The zero-order valence-electron chi connectivity index (χ0n) is 14.5. The van der Waals surface area contributed by atoms with E-state index in [1.807, 2.05) is 12.1 Å². The lowest BCUT2D eigenvalue weighted by Gasteiger charge is -2.35. The van der Waals surface area contributed by atoms with Crippen molar-refractivity contribution in [2.24, 2.45) is 0 Å². The molecule has 7 nitrogen and oxygen atoms in total. The Morgan fingerprint density at radius 2 is 1.85 bits per heavy atom. The van der Waals surface area contributed by atoms with Gasteiger partial charge < -0.3 is 14.4 Å². The van der Waals surface area contributed by atoms with Crippen molar-refractivity contribution >= 4 is 27.3 Å². The molecule has 1 N–H and O–H groups in total. The quantitative estimate of drug-likeness (QED) is 0.835. The minimum absolute atomic E-state index is 0.121. The fraction of sp³-hybridized carbons (Fsp3) is 0.389. The molecule has 4 rings (SSSR count). The predicted octanol–water partition coefficient (Wildman–Crippen LogP) is 1.86. The average Bonchev–Trinajstić information content (AvgIpc) is 3.23. The summed E-state index contributed by atoms with van der Waals surface area (Å²) in [6, 6.07) is 10.4. The molecule has 1 atom stereocenters. The third-order valence-electron chi connectivity index (χ3n) is 4.67. The first kappa shape index (κ1) is 18.3. The van der Waals surface area contributed by atoms with Crippen LogP contribution in [0.4, 0.5) is 0 Å². The minimum Gasteiger partial charge on any atom is -0.485 e. The maximum absolute atomic E-state index is 12.7. The Bertz CT molecular complexity index is 906. The van der Waals surface area contributed by atoms with E-state index < -0.39 is 16.1 Å². The van der Waals surface area contributed by atoms with Crippen LogP contribution in [0.3, 0.4) is 0 Å². The Balaban J connectivity index is 1.32. The van der Waals surface area contributed by atoms with E-state index in [9.17, 15) is 13.2 Å². The topological polar surface area (TPSA) is 84.9 Å². The molecule has 1 amide bonds. The lowest BCUT2D eigenvalue weighted by atomic mass is 10.1. The third kappa shape index (κ3) is 3.95. The Labute approximate surface area is 161 Å². The van der Waals surface area contributed by atoms with Crippen LogP contribution in [-0.2, 0) is 14.8 Å². The number of hydrogen-bond donors (Lipinski definition) is 1. The molecule has 1 fully saturated rings. The second kappa shape index (κ2) is 7.49. The van der Waals surface area contributed by atoms with Crippen LogP contribution in [0, 0.1) is 0 Å². The fourth-order valence-electron chi connectivity index (χ4n) is 3.26. The summed E-state index contributed by atoms with van der Waals surface area (Å²) in [6.07, 6.45) is 0.473. The molecule has 0 aliphatic carbocycles. The monoisotopic (exact) mass is 408 g/mol. The number of likely N-dealkylation sites (tertiary alicyclic amines) is 1. The van der Waals surface area contributed by atoms with Crippen LogP contribution in [0.25, 0.3) is 0 Å². The van der Waals surface area contributed by atoms with Crippen molar-refractivity contribution in [2.75, 3.05) is 19.7 Å². The molecule has 9 heteroatoms. The van der Waals surface area contributed by atoms with Gasteiger partial charge in [-0.3, -0.25) is 4.79 Å². The van der Waals surface area contributed by atoms with E-state index in [0.29, 0.717) is 41.6 Å². The molecule has 0 radical (unpaired) electrons. The highest BCUT2D eigenvalue weighted by Gasteiger charge is 2.34. The molecule has 3 heterocycles. The van der Waals surface area contributed by atoms with Crippen molar-refractivity contribution in [3.63, 3.8) is 0 Å². The number of thiophene rings is 1. The second-order valence-electron chi connectivity index (χ2n) is 6.52. The van der Waals surface area contributed by atoms with Crippen molar-refractivity contribution in [1.29, 1.82) is 0 Å². The summed E-state index contributed by atoms with van der Waals surface area (Å²) >= 11 is 1.19. The number of rotatable bonds is 4. The van der Waals surface area contributed by atoms with Gasteiger partial charge in [0.1, 0.15) is 10.8 Å². The smallest absolute Gasteiger partial charge is 0.267 e. The number of carbonyl (C=O) groups excluding carboxylic acids is 1. The molecule has 27 heavy (non-hydrogen) atoms. The van der Waals surface area contributed by atoms with Crippen LogP contribution in [0.2, 0.25) is 0 Å². The number of sulfonamides is 1. The first-order valence-electron chi connectivity index (χ1n) is 8.76. The van der Waals surface area contributed by atoms with E-state index >= 15 is 0 Å². The molecule has 0 saturated carbocycles. The number of nitrogens with zero attached hydrogens (tertiary/aromatic N) is 1. The SMILES string of the molecule is O=C(C1COc2ccccc2O1)N1CCC(NS(=O)(=O)c2cccs2)CC1. The second-order valence-corrected chi connectivity index (χ2v) is 9.41. The molecule has 0 bridgehead atoms. The summed E-state index contributed by atoms with van der Waals surface area (Å²) in [5.74, 6) is 1.09. The largest absolute Gasteiger partial charge is 0.485 e. The average molecular weight is 409 g/mol. The maximum atomic E-state index is 12.7. The van der Waals surface area contributed by atoms with Gasteiger partial charge in [0.05, 0.1) is 0 Å². The number of para-hydroxylation sites is 2. The molecular weight excluding hydrogens is 388 g/mol. The Morgan fingerprint density at radius 3 is 2.56 bits per heavy atom. The summed E-state index contributed by atoms with van der Waals surface area (Å²) in [5, 5.41) is 1.74. The van der Waals surface area contributed by atoms with Crippen molar-refractivity contribution < 1.29 is 22.7 Å². The van der Waals surface area contributed by atoms with Gasteiger partial charge in [-0.25, -0.2) is 13.1 Å². The Morgan fingerprint density at radius 1 is 1.11 bits per heavy atom. The number of hydrogen-bond acceptors (Lipinski definition) is 6. The van der Waals surface area contributed by atoms with E-state index in [1.54, 1.807) is 34.5 Å². The molecule has 2 aromatic rings. The van der Waals surface area contributed by atoms with Gasteiger partial charge in [-0.2, -0.15) is 0 Å². The highest BCUT2D eigenvalue weighted by Crippen LogP contribution is 2.31. The van der Waals surface area contributed by atoms with Gasteiger partial charge in [0, 0.05) is 19.1 Å². The van der Waals surface area contributed by atoms with Gasteiger partial charge in [0.2, 0.25) is 16.1 Å². The molecule has 1 aromatic heterocycles. The number of nitrogens with one attached hydrogen (secondary N) is 1. The van der Waals surface area contributed by atoms with E-state index in [1.165, 1.54) is 11.3 Å². The van der Waals surface area contributed by atoms with Crippen molar-refractivity contribution in [2.45, 2.75) is 29.2 Å². The minimum atomic E-state index is -3.49. The molecule has 2 aliphatic rings. The van der Waals surface area contributed by atoms with Crippen molar-refractivity contribution in [3.05, 3.63) is 41.8 Å². The number of fused-ring (bicyclic) bond motifs is 1. The normalized spacial score (nSPS) is 20.4.